The van der Waals surface area contributed by atoms with E-state index in [0.29, 0.717) is 13.1 Å². The van der Waals surface area contributed by atoms with E-state index in [1.165, 1.54) is 12.1 Å². The van der Waals surface area contributed by atoms with Gasteiger partial charge >= 0.3 is 6.18 Å². The normalized spacial score (nSPS) is 18.7. The zero-order valence-corrected chi connectivity index (χ0v) is 12.9. The largest absolute Gasteiger partial charge is 0.416 e. The lowest BCUT2D eigenvalue weighted by Crippen LogP contribution is -2.46. The number of anilines is 1. The number of nitrogens with zero attached hydrogens (tertiary/aromatic N) is 1. The van der Waals surface area contributed by atoms with Crippen molar-refractivity contribution in [2.75, 3.05) is 25.0 Å². The number of benzene rings is 1. The molecule has 0 aromatic heterocycles. The number of aliphatic hydroxyl groups is 1. The molecule has 1 aromatic rings. The number of aliphatic hydroxyl groups excluding tert-OH is 1. The van der Waals surface area contributed by atoms with Gasteiger partial charge < -0.3 is 10.4 Å². The van der Waals surface area contributed by atoms with Crippen molar-refractivity contribution in [2.24, 2.45) is 5.92 Å². The Hall–Kier alpha value is -1.60. The Morgan fingerprint density at radius 3 is 2.61 bits per heavy atom. The molecule has 1 atom stereocenters. The van der Waals surface area contributed by atoms with Gasteiger partial charge in [-0.2, -0.15) is 13.2 Å². The molecule has 1 aromatic carbocycles. The Bertz CT molecular complexity index is 540. The van der Waals surface area contributed by atoms with Gasteiger partial charge in [-0.05, 0) is 57.0 Å². The van der Waals surface area contributed by atoms with Crippen LogP contribution in [0.4, 0.5) is 18.9 Å². The molecule has 128 valence electrons. The minimum atomic E-state index is -4.43. The van der Waals surface area contributed by atoms with Gasteiger partial charge in [-0.1, -0.05) is 6.07 Å². The van der Waals surface area contributed by atoms with Gasteiger partial charge in [-0.15, -0.1) is 0 Å². The van der Waals surface area contributed by atoms with E-state index in [4.69, 9.17) is 5.11 Å². The number of piperidine rings is 1. The number of amides is 1. The van der Waals surface area contributed by atoms with Crippen molar-refractivity contribution in [2.45, 2.75) is 32.0 Å². The highest BCUT2D eigenvalue weighted by Crippen LogP contribution is 2.30. The summed E-state index contributed by atoms with van der Waals surface area (Å²) in [5.41, 5.74) is -0.645. The predicted octanol–water partition coefficient (Wildman–Crippen LogP) is 2.74. The first-order valence-corrected chi connectivity index (χ1v) is 7.64. The molecule has 4 nitrogen and oxygen atoms in total. The van der Waals surface area contributed by atoms with Crippen molar-refractivity contribution >= 4 is 11.6 Å². The zero-order valence-electron chi connectivity index (χ0n) is 12.9. The maximum Gasteiger partial charge on any atom is 0.416 e. The van der Waals surface area contributed by atoms with E-state index in [0.717, 1.165) is 25.0 Å². The predicted molar refractivity (Wildman–Crippen MR) is 80.9 cm³/mol. The Kier molecular flexibility index (Phi) is 5.64. The van der Waals surface area contributed by atoms with Crippen LogP contribution in [0.3, 0.4) is 0 Å². The first-order chi connectivity index (χ1) is 10.8. The summed E-state index contributed by atoms with van der Waals surface area (Å²) in [4.78, 5) is 14.2. The summed E-state index contributed by atoms with van der Waals surface area (Å²) >= 11 is 0. The second-order valence-corrected chi connectivity index (χ2v) is 5.91. The van der Waals surface area contributed by atoms with Gasteiger partial charge in [0.25, 0.3) is 0 Å². The second-order valence-electron chi connectivity index (χ2n) is 5.91. The number of nitrogens with one attached hydrogen (secondary N) is 1. The van der Waals surface area contributed by atoms with E-state index < -0.39 is 17.8 Å². The molecule has 7 heteroatoms. The summed E-state index contributed by atoms with van der Waals surface area (Å²) in [7, 11) is 0. The molecule has 0 spiro atoms. The van der Waals surface area contributed by atoms with Crippen LogP contribution in [0.25, 0.3) is 0 Å². The second kappa shape index (κ2) is 7.31. The van der Waals surface area contributed by atoms with Gasteiger partial charge in [0, 0.05) is 12.3 Å². The Morgan fingerprint density at radius 2 is 2.04 bits per heavy atom. The molecule has 0 bridgehead atoms. The highest BCUT2D eigenvalue weighted by atomic mass is 19.4. The molecule has 1 saturated heterocycles. The van der Waals surface area contributed by atoms with Crippen LogP contribution in [0.2, 0.25) is 0 Å². The zero-order chi connectivity index (χ0) is 17.0. The van der Waals surface area contributed by atoms with Crippen LogP contribution in [0.15, 0.2) is 24.3 Å². The van der Waals surface area contributed by atoms with Crippen molar-refractivity contribution < 1.29 is 23.1 Å². The van der Waals surface area contributed by atoms with E-state index in [1.807, 2.05) is 4.90 Å². The maximum absolute atomic E-state index is 12.7. The highest BCUT2D eigenvalue weighted by Gasteiger charge is 2.31. The van der Waals surface area contributed by atoms with Crippen molar-refractivity contribution in [3.63, 3.8) is 0 Å². The molecule has 1 amide bonds. The number of rotatable bonds is 4. The molecule has 1 heterocycles. The molecule has 1 unspecified atom stereocenters. The van der Waals surface area contributed by atoms with Gasteiger partial charge in [0.15, 0.2) is 0 Å². The molecule has 2 rings (SSSR count). The molecule has 1 aliphatic heterocycles. The standard InChI is InChI=1S/C16H21F3N2O2/c1-11(21-7-5-12(10-22)6-8-21)15(23)20-14-4-2-3-13(9-14)16(17,18)19/h2-4,9,11-12,22H,5-8,10H2,1H3,(H,20,23). The molecule has 0 saturated carbocycles. The van der Waals surface area contributed by atoms with Gasteiger partial charge in [0.05, 0.1) is 11.6 Å². The molecular formula is C16H21F3N2O2. The first-order valence-electron chi connectivity index (χ1n) is 7.64. The van der Waals surface area contributed by atoms with E-state index in [9.17, 15) is 18.0 Å². The van der Waals surface area contributed by atoms with Crippen molar-refractivity contribution in [3.8, 4) is 0 Å². The number of hydrogen-bond donors (Lipinski definition) is 2. The van der Waals surface area contributed by atoms with Gasteiger partial charge in [0.2, 0.25) is 5.91 Å². The van der Waals surface area contributed by atoms with Crippen LogP contribution in [-0.4, -0.2) is 41.7 Å². The fourth-order valence-electron chi connectivity index (χ4n) is 2.71. The average Bonchev–Trinajstić information content (AvgIpc) is 2.53. The fourth-order valence-corrected chi connectivity index (χ4v) is 2.71. The van der Waals surface area contributed by atoms with Crippen LogP contribution in [-0.2, 0) is 11.0 Å². The highest BCUT2D eigenvalue weighted by molar-refractivity contribution is 5.94. The summed E-state index contributed by atoms with van der Waals surface area (Å²) in [6.07, 6.45) is -2.80. The molecule has 1 aliphatic rings. The maximum atomic E-state index is 12.7. The van der Waals surface area contributed by atoms with E-state index in [1.54, 1.807) is 6.92 Å². The van der Waals surface area contributed by atoms with Gasteiger partial charge in [0.1, 0.15) is 0 Å². The molecule has 23 heavy (non-hydrogen) atoms. The number of hydrogen-bond acceptors (Lipinski definition) is 3. The molecule has 0 aliphatic carbocycles. The quantitative estimate of drug-likeness (QED) is 0.892. The van der Waals surface area contributed by atoms with E-state index >= 15 is 0 Å². The van der Waals surface area contributed by atoms with Gasteiger partial charge in [-0.25, -0.2) is 0 Å². The van der Waals surface area contributed by atoms with E-state index in [2.05, 4.69) is 5.32 Å². The van der Waals surface area contributed by atoms with Crippen LogP contribution >= 0.6 is 0 Å². The number of likely N-dealkylation sites (tertiary alicyclic amines) is 1. The fraction of sp³-hybridized carbons (Fsp3) is 0.562. The summed E-state index contributed by atoms with van der Waals surface area (Å²) in [6, 6.07) is 4.19. The monoisotopic (exact) mass is 330 g/mol. The minimum absolute atomic E-state index is 0.141. The molecular weight excluding hydrogens is 309 g/mol. The smallest absolute Gasteiger partial charge is 0.396 e. The Balaban J connectivity index is 1.96. The minimum Gasteiger partial charge on any atom is -0.396 e. The summed E-state index contributed by atoms with van der Waals surface area (Å²) in [6.45, 7) is 3.28. The number of carbonyl (C=O) groups is 1. The molecule has 1 fully saturated rings. The Morgan fingerprint density at radius 1 is 1.39 bits per heavy atom. The van der Waals surface area contributed by atoms with Gasteiger partial charge in [-0.3, -0.25) is 9.69 Å². The van der Waals surface area contributed by atoms with Crippen molar-refractivity contribution in [3.05, 3.63) is 29.8 Å². The van der Waals surface area contributed by atoms with Crippen LogP contribution < -0.4 is 5.32 Å². The average molecular weight is 330 g/mol. The van der Waals surface area contributed by atoms with Crippen LogP contribution in [0.5, 0.6) is 0 Å². The topological polar surface area (TPSA) is 52.6 Å². The summed E-state index contributed by atoms with van der Waals surface area (Å²) in [5, 5.41) is 11.7. The van der Waals surface area contributed by atoms with E-state index in [-0.39, 0.29) is 24.1 Å². The van der Waals surface area contributed by atoms with Crippen molar-refractivity contribution in [1.29, 1.82) is 0 Å². The Labute approximate surface area is 133 Å². The summed E-state index contributed by atoms with van der Waals surface area (Å²) in [5.74, 6) is -0.0586. The lowest BCUT2D eigenvalue weighted by atomic mass is 9.97. The number of carbonyl (C=O) groups excluding carboxylic acids is 1. The van der Waals surface area contributed by atoms with Crippen LogP contribution in [0.1, 0.15) is 25.3 Å². The van der Waals surface area contributed by atoms with Crippen LogP contribution in [0, 0.1) is 5.92 Å². The third kappa shape index (κ3) is 4.68. The van der Waals surface area contributed by atoms with Crippen molar-refractivity contribution in [1.82, 2.24) is 4.90 Å². The third-order valence-electron chi connectivity index (χ3n) is 4.29. The number of alkyl halides is 3. The number of halogens is 3. The molecule has 0 radical (unpaired) electrons. The first kappa shape index (κ1) is 17.7. The lowest BCUT2D eigenvalue weighted by molar-refractivity contribution is -0.137. The molecule has 2 N–H and O–H groups in total. The lowest BCUT2D eigenvalue weighted by Gasteiger charge is -2.34. The summed E-state index contributed by atoms with van der Waals surface area (Å²) < 4.78 is 38.1. The third-order valence-corrected chi connectivity index (χ3v) is 4.29. The SMILES string of the molecule is CC(C(=O)Nc1cccc(C(F)(F)F)c1)N1CCC(CO)CC1.